The average molecular weight is 261 g/mol. The van der Waals surface area contributed by atoms with Gasteiger partial charge in [0.25, 0.3) is 0 Å². The van der Waals surface area contributed by atoms with Gasteiger partial charge in [-0.15, -0.1) is 0 Å². The molecular weight excluding hydrogens is 246 g/mol. The number of amides is 2. The summed E-state index contributed by atoms with van der Waals surface area (Å²) in [5, 5.41) is 11.2. The molecule has 0 aliphatic rings. The normalized spacial score (nSPS) is 9.32. The molecule has 0 saturated carbocycles. The number of urea groups is 1. The number of ether oxygens (including phenoxy) is 1. The van der Waals surface area contributed by atoms with Crippen LogP contribution in [0.3, 0.4) is 0 Å². The third kappa shape index (κ3) is 4.32. The molecule has 0 bridgehead atoms. The van der Waals surface area contributed by atoms with E-state index in [0.29, 0.717) is 11.3 Å². The number of benzene rings is 1. The quantitative estimate of drug-likeness (QED) is 0.827. The Kier molecular flexibility index (Phi) is 5.35. The standard InChI is InChI=1S/C13H15N3O3/c1-3-19-12(17)9-15-13(18)16(2)11-6-4-5-10(7-11)8-14/h4-7H,3,9H2,1-2H3,(H,15,18). The highest BCUT2D eigenvalue weighted by atomic mass is 16.5. The highest BCUT2D eigenvalue weighted by molar-refractivity contribution is 5.93. The van der Waals surface area contributed by atoms with Gasteiger partial charge in [0.2, 0.25) is 0 Å². The summed E-state index contributed by atoms with van der Waals surface area (Å²) in [5.74, 6) is -0.491. The second kappa shape index (κ2) is 7.01. The summed E-state index contributed by atoms with van der Waals surface area (Å²) in [6.07, 6.45) is 0. The van der Waals surface area contributed by atoms with Gasteiger partial charge in [-0.05, 0) is 25.1 Å². The van der Waals surface area contributed by atoms with E-state index in [1.165, 1.54) is 4.90 Å². The molecule has 1 rings (SSSR count). The van der Waals surface area contributed by atoms with E-state index in [9.17, 15) is 9.59 Å². The highest BCUT2D eigenvalue weighted by Gasteiger charge is 2.12. The van der Waals surface area contributed by atoms with E-state index in [4.69, 9.17) is 10.00 Å². The SMILES string of the molecule is CCOC(=O)CNC(=O)N(C)c1cccc(C#N)c1. The molecule has 1 aromatic rings. The van der Waals surface area contributed by atoms with Crippen molar-refractivity contribution >= 4 is 17.7 Å². The number of nitrogens with zero attached hydrogens (tertiary/aromatic N) is 2. The molecule has 1 aromatic carbocycles. The van der Waals surface area contributed by atoms with Gasteiger partial charge in [0.05, 0.1) is 18.2 Å². The zero-order valence-corrected chi connectivity index (χ0v) is 10.8. The first kappa shape index (κ1) is 14.5. The van der Waals surface area contributed by atoms with Crippen LogP contribution in [0.1, 0.15) is 12.5 Å². The van der Waals surface area contributed by atoms with Crippen LogP contribution in [0.15, 0.2) is 24.3 Å². The van der Waals surface area contributed by atoms with E-state index < -0.39 is 12.0 Å². The van der Waals surface area contributed by atoms with Gasteiger partial charge in [0.1, 0.15) is 6.54 Å². The lowest BCUT2D eigenvalue weighted by Crippen LogP contribution is -2.40. The Morgan fingerprint density at radius 1 is 1.47 bits per heavy atom. The summed E-state index contributed by atoms with van der Waals surface area (Å²) < 4.78 is 4.70. The van der Waals surface area contributed by atoms with Gasteiger partial charge in [-0.3, -0.25) is 9.69 Å². The van der Waals surface area contributed by atoms with Crippen LogP contribution in [-0.4, -0.2) is 32.2 Å². The molecule has 2 amide bonds. The van der Waals surface area contributed by atoms with E-state index in [1.807, 2.05) is 6.07 Å². The molecule has 6 nitrogen and oxygen atoms in total. The predicted octanol–water partition coefficient (Wildman–Crippen LogP) is 1.27. The molecule has 0 saturated heterocycles. The predicted molar refractivity (Wildman–Crippen MR) is 69.6 cm³/mol. The van der Waals surface area contributed by atoms with E-state index in [1.54, 1.807) is 38.2 Å². The van der Waals surface area contributed by atoms with E-state index in [-0.39, 0.29) is 13.2 Å². The summed E-state index contributed by atoms with van der Waals surface area (Å²) in [7, 11) is 1.55. The van der Waals surface area contributed by atoms with Gasteiger partial charge in [0, 0.05) is 12.7 Å². The van der Waals surface area contributed by atoms with Crippen molar-refractivity contribution < 1.29 is 14.3 Å². The van der Waals surface area contributed by atoms with E-state index in [2.05, 4.69) is 5.32 Å². The zero-order valence-electron chi connectivity index (χ0n) is 10.8. The molecule has 100 valence electrons. The van der Waals surface area contributed by atoms with Gasteiger partial charge in [-0.25, -0.2) is 4.79 Å². The number of anilines is 1. The number of carbonyl (C=O) groups excluding carboxylic acids is 2. The molecule has 0 aliphatic carbocycles. The van der Waals surface area contributed by atoms with Crippen LogP contribution in [0, 0.1) is 11.3 Å². The van der Waals surface area contributed by atoms with Gasteiger partial charge in [0.15, 0.2) is 0 Å². The molecule has 19 heavy (non-hydrogen) atoms. The van der Waals surface area contributed by atoms with Gasteiger partial charge >= 0.3 is 12.0 Å². The molecule has 0 heterocycles. The van der Waals surface area contributed by atoms with Crippen molar-refractivity contribution in [1.82, 2.24) is 5.32 Å². The molecule has 0 fully saturated rings. The molecular formula is C13H15N3O3. The largest absolute Gasteiger partial charge is 0.465 e. The minimum absolute atomic E-state index is 0.186. The van der Waals surface area contributed by atoms with Crippen LogP contribution in [0.2, 0.25) is 0 Å². The van der Waals surface area contributed by atoms with Crippen molar-refractivity contribution in [2.24, 2.45) is 0 Å². The average Bonchev–Trinajstić information content (AvgIpc) is 2.44. The lowest BCUT2D eigenvalue weighted by Gasteiger charge is -2.17. The Bertz CT molecular complexity index is 508. The lowest BCUT2D eigenvalue weighted by molar-refractivity contribution is -0.141. The van der Waals surface area contributed by atoms with Crippen molar-refractivity contribution in [3.8, 4) is 6.07 Å². The summed E-state index contributed by atoms with van der Waals surface area (Å²) in [6, 6.07) is 8.17. The molecule has 0 aromatic heterocycles. The van der Waals surface area contributed by atoms with Crippen LogP contribution in [0.4, 0.5) is 10.5 Å². The van der Waals surface area contributed by atoms with Crippen LogP contribution in [0.5, 0.6) is 0 Å². The van der Waals surface area contributed by atoms with Crippen molar-refractivity contribution in [1.29, 1.82) is 5.26 Å². The highest BCUT2D eigenvalue weighted by Crippen LogP contribution is 2.14. The van der Waals surface area contributed by atoms with Crippen molar-refractivity contribution in [3.63, 3.8) is 0 Å². The Morgan fingerprint density at radius 3 is 2.84 bits per heavy atom. The first-order valence-corrected chi connectivity index (χ1v) is 5.75. The number of nitrogens with one attached hydrogen (secondary N) is 1. The number of carbonyl (C=O) groups is 2. The molecule has 6 heteroatoms. The third-order valence-corrected chi connectivity index (χ3v) is 2.36. The lowest BCUT2D eigenvalue weighted by atomic mass is 10.2. The Labute approximate surface area is 111 Å². The molecule has 0 radical (unpaired) electrons. The Hall–Kier alpha value is -2.55. The van der Waals surface area contributed by atoms with Gasteiger partial charge in [-0.1, -0.05) is 6.07 Å². The minimum Gasteiger partial charge on any atom is -0.465 e. The molecule has 0 atom stereocenters. The van der Waals surface area contributed by atoms with Crippen molar-refractivity contribution in [3.05, 3.63) is 29.8 Å². The topological polar surface area (TPSA) is 82.4 Å². The van der Waals surface area contributed by atoms with Gasteiger partial charge in [-0.2, -0.15) is 5.26 Å². The molecule has 0 unspecified atom stereocenters. The molecule has 0 spiro atoms. The smallest absolute Gasteiger partial charge is 0.325 e. The fraction of sp³-hybridized carbons (Fsp3) is 0.308. The first-order valence-electron chi connectivity index (χ1n) is 5.75. The maximum Gasteiger partial charge on any atom is 0.325 e. The maximum absolute atomic E-state index is 11.8. The van der Waals surface area contributed by atoms with Crippen LogP contribution >= 0.6 is 0 Å². The summed E-state index contributed by atoms with van der Waals surface area (Å²) in [4.78, 5) is 24.2. The van der Waals surface area contributed by atoms with Crippen LogP contribution < -0.4 is 10.2 Å². The fourth-order valence-corrected chi connectivity index (χ4v) is 1.38. The number of hydrogen-bond acceptors (Lipinski definition) is 4. The maximum atomic E-state index is 11.8. The summed E-state index contributed by atoms with van der Waals surface area (Å²) in [6.45, 7) is 1.78. The number of esters is 1. The van der Waals surface area contributed by atoms with Crippen molar-refractivity contribution in [2.45, 2.75) is 6.92 Å². The fourth-order valence-electron chi connectivity index (χ4n) is 1.38. The van der Waals surface area contributed by atoms with E-state index >= 15 is 0 Å². The minimum atomic E-state index is -0.491. The number of nitriles is 1. The van der Waals surface area contributed by atoms with Crippen LogP contribution in [-0.2, 0) is 9.53 Å². The molecule has 0 aliphatic heterocycles. The second-order valence-corrected chi connectivity index (χ2v) is 3.68. The van der Waals surface area contributed by atoms with E-state index in [0.717, 1.165) is 0 Å². The van der Waals surface area contributed by atoms with Gasteiger partial charge < -0.3 is 10.1 Å². The number of hydrogen-bond donors (Lipinski definition) is 1. The monoisotopic (exact) mass is 261 g/mol. The number of rotatable bonds is 4. The molecule has 1 N–H and O–H groups in total. The summed E-state index contributed by atoms with van der Waals surface area (Å²) >= 11 is 0. The third-order valence-electron chi connectivity index (χ3n) is 2.36. The zero-order chi connectivity index (χ0) is 14.3. The van der Waals surface area contributed by atoms with Crippen LogP contribution in [0.25, 0.3) is 0 Å². The first-order chi connectivity index (χ1) is 9.08. The Morgan fingerprint density at radius 2 is 2.21 bits per heavy atom. The summed E-state index contributed by atoms with van der Waals surface area (Å²) in [5.41, 5.74) is 1.03. The second-order valence-electron chi connectivity index (χ2n) is 3.68. The Balaban J connectivity index is 2.61. The van der Waals surface area contributed by atoms with Crippen molar-refractivity contribution in [2.75, 3.05) is 25.1 Å².